The standard InChI is InChI=1S/C44H62F12O3/c1-5-26-29(45)35(51)38(54)41(32(26)48)57-23-14-8-20(9-15-23)44(4,21-10-16-24(17-11-21)58-42-33(49)27(6-2)30(46)36(52)39(42)55)22-12-18-25(19-13-22)59-43-34(50)28(7-3)31(47)37(53)40(43)56/h5-6,20-43H,1-2,7-19H2,3-4H3. The van der Waals surface area contributed by atoms with Gasteiger partial charge in [0, 0.05) is 17.8 Å². The first kappa shape index (κ1) is 47.0. The van der Waals surface area contributed by atoms with Gasteiger partial charge in [0.05, 0.1) is 18.3 Å². The number of hydrogen-bond acceptors (Lipinski definition) is 3. The molecule has 0 N–H and O–H groups in total. The highest BCUT2D eigenvalue weighted by molar-refractivity contribution is 5.08. The number of halogens is 12. The van der Waals surface area contributed by atoms with Crippen molar-refractivity contribution in [2.45, 2.75) is 208 Å². The van der Waals surface area contributed by atoms with E-state index in [4.69, 9.17) is 14.2 Å². The lowest BCUT2D eigenvalue weighted by atomic mass is 9.52. The Kier molecular flexibility index (Phi) is 15.5. The summed E-state index contributed by atoms with van der Waals surface area (Å²) >= 11 is 0. The molecule has 0 spiro atoms. The van der Waals surface area contributed by atoms with Crippen molar-refractivity contribution in [1.29, 1.82) is 0 Å². The molecule has 6 fully saturated rings. The van der Waals surface area contributed by atoms with E-state index in [2.05, 4.69) is 20.1 Å². The predicted octanol–water partition coefficient (Wildman–Crippen LogP) is 11.6. The molecule has 0 amide bonds. The Morgan fingerprint density at radius 2 is 0.695 bits per heavy atom. The maximum absolute atomic E-state index is 15.3. The summed E-state index contributed by atoms with van der Waals surface area (Å²) in [4.78, 5) is 0. The van der Waals surface area contributed by atoms with Crippen molar-refractivity contribution >= 4 is 0 Å². The van der Waals surface area contributed by atoms with Crippen LogP contribution in [0.1, 0.15) is 97.3 Å². The molecule has 0 aromatic rings. The molecule has 0 heterocycles. The SMILES string of the molecule is C=CC1C(F)C(F)C(F)C(OC2CCC(C(C)(C3CCC(OC4C(F)C(F)C(F)C(C=C)C4F)CC3)C3CCC(OC4C(F)C(F)C(F)C(CC)C4F)CC3)CC2)C1F. The predicted molar refractivity (Wildman–Crippen MR) is 200 cm³/mol. The van der Waals surface area contributed by atoms with Crippen LogP contribution in [0.5, 0.6) is 0 Å². The zero-order valence-corrected chi connectivity index (χ0v) is 33.9. The fraction of sp³-hybridized carbons (Fsp3) is 0.909. The van der Waals surface area contributed by atoms with Crippen LogP contribution in [0, 0.1) is 40.9 Å². The lowest BCUT2D eigenvalue weighted by Crippen LogP contribution is -2.57. The van der Waals surface area contributed by atoms with Crippen LogP contribution in [0.25, 0.3) is 0 Å². The summed E-state index contributed by atoms with van der Waals surface area (Å²) < 4.78 is 195. The molecule has 18 atom stereocenters. The summed E-state index contributed by atoms with van der Waals surface area (Å²) in [6, 6.07) is 0. The van der Waals surface area contributed by atoms with Crippen LogP contribution in [0.3, 0.4) is 0 Å². The maximum Gasteiger partial charge on any atom is 0.165 e. The van der Waals surface area contributed by atoms with Crippen LogP contribution in [0.15, 0.2) is 25.3 Å². The highest BCUT2D eigenvalue weighted by atomic mass is 19.2. The average molecular weight is 867 g/mol. The van der Waals surface area contributed by atoms with E-state index in [1.165, 1.54) is 6.92 Å². The van der Waals surface area contributed by atoms with Crippen molar-refractivity contribution in [2.24, 2.45) is 40.9 Å². The van der Waals surface area contributed by atoms with E-state index in [0.717, 1.165) is 12.2 Å². The van der Waals surface area contributed by atoms with Gasteiger partial charge < -0.3 is 14.2 Å². The summed E-state index contributed by atoms with van der Waals surface area (Å²) in [6.07, 6.45) is -27.8. The van der Waals surface area contributed by atoms with Gasteiger partial charge in [-0.25, -0.2) is 52.7 Å². The number of allylic oxidation sites excluding steroid dienone is 2. The van der Waals surface area contributed by atoms with Crippen LogP contribution in [-0.2, 0) is 14.2 Å². The van der Waals surface area contributed by atoms with Gasteiger partial charge in [-0.3, -0.25) is 0 Å². The largest absolute Gasteiger partial charge is 0.369 e. The summed E-state index contributed by atoms with van der Waals surface area (Å²) in [6.45, 7) is 10.5. The molecule has 0 radical (unpaired) electrons. The Balaban J connectivity index is 1.14. The highest BCUT2D eigenvalue weighted by Crippen LogP contribution is 2.57. The second kappa shape index (κ2) is 19.5. The third kappa shape index (κ3) is 9.01. The van der Waals surface area contributed by atoms with Gasteiger partial charge in [-0.05, 0) is 107 Å². The Morgan fingerprint density at radius 1 is 0.407 bits per heavy atom. The van der Waals surface area contributed by atoms with E-state index in [1.54, 1.807) is 0 Å². The van der Waals surface area contributed by atoms with Crippen molar-refractivity contribution in [3.63, 3.8) is 0 Å². The van der Waals surface area contributed by atoms with Crippen LogP contribution >= 0.6 is 0 Å². The van der Waals surface area contributed by atoms with E-state index in [9.17, 15) is 39.5 Å². The molecule has 6 rings (SSSR count). The van der Waals surface area contributed by atoms with Crippen molar-refractivity contribution in [1.82, 2.24) is 0 Å². The molecule has 340 valence electrons. The molecular weight excluding hydrogens is 804 g/mol. The zero-order valence-electron chi connectivity index (χ0n) is 33.9. The van der Waals surface area contributed by atoms with Gasteiger partial charge in [0.1, 0.15) is 55.3 Å². The fourth-order valence-electron chi connectivity index (χ4n) is 12.0. The smallest absolute Gasteiger partial charge is 0.165 e. The molecule has 6 aliphatic carbocycles. The number of rotatable bonds is 12. The van der Waals surface area contributed by atoms with Crippen molar-refractivity contribution in [2.75, 3.05) is 0 Å². The van der Waals surface area contributed by atoms with Crippen molar-refractivity contribution in [3.8, 4) is 0 Å². The second-order valence-electron chi connectivity index (χ2n) is 18.6. The normalized spacial score (nSPS) is 52.3. The fourth-order valence-corrected chi connectivity index (χ4v) is 12.0. The van der Waals surface area contributed by atoms with Gasteiger partial charge in [0.15, 0.2) is 37.0 Å². The molecule has 3 nitrogen and oxygen atoms in total. The van der Waals surface area contributed by atoms with Gasteiger partial charge >= 0.3 is 0 Å². The third-order valence-corrected chi connectivity index (χ3v) is 15.7. The number of hydrogen-bond donors (Lipinski definition) is 0. The first-order valence-corrected chi connectivity index (χ1v) is 21.9. The molecule has 18 unspecified atom stereocenters. The van der Waals surface area contributed by atoms with Crippen LogP contribution in [-0.4, -0.2) is 111 Å². The molecule has 0 bridgehead atoms. The summed E-state index contributed by atoms with van der Waals surface area (Å²) in [5, 5.41) is 0. The van der Waals surface area contributed by atoms with Gasteiger partial charge in [0.25, 0.3) is 0 Å². The van der Waals surface area contributed by atoms with Crippen molar-refractivity contribution in [3.05, 3.63) is 25.3 Å². The second-order valence-corrected chi connectivity index (χ2v) is 18.6. The summed E-state index contributed by atoms with van der Waals surface area (Å²) in [5.74, 6) is -4.29. The van der Waals surface area contributed by atoms with E-state index in [0.29, 0.717) is 77.0 Å². The zero-order chi connectivity index (χ0) is 43.1. The Hall–Kier alpha value is -1.48. The van der Waals surface area contributed by atoms with Crippen LogP contribution in [0.4, 0.5) is 52.7 Å². The quantitative estimate of drug-likeness (QED) is 0.144. The highest BCUT2D eigenvalue weighted by Gasteiger charge is 2.57. The molecule has 0 aliphatic heterocycles. The van der Waals surface area contributed by atoms with Gasteiger partial charge in [-0.1, -0.05) is 26.0 Å². The van der Waals surface area contributed by atoms with E-state index < -0.39 is 134 Å². The monoisotopic (exact) mass is 866 g/mol. The van der Waals surface area contributed by atoms with Crippen LogP contribution in [0.2, 0.25) is 0 Å². The van der Waals surface area contributed by atoms with Crippen molar-refractivity contribution < 1.29 is 66.9 Å². The lowest BCUT2D eigenvalue weighted by Gasteiger charge is -2.55. The number of ether oxygens (including phenoxy) is 3. The van der Waals surface area contributed by atoms with E-state index in [-0.39, 0.29) is 24.2 Å². The van der Waals surface area contributed by atoms with Crippen LogP contribution < -0.4 is 0 Å². The Morgan fingerprint density at radius 3 is 0.983 bits per heavy atom. The Labute approximate surface area is 340 Å². The van der Waals surface area contributed by atoms with E-state index >= 15 is 13.2 Å². The summed E-state index contributed by atoms with van der Waals surface area (Å²) in [7, 11) is 0. The van der Waals surface area contributed by atoms with Gasteiger partial charge in [0.2, 0.25) is 0 Å². The third-order valence-electron chi connectivity index (χ3n) is 15.7. The molecular formula is C44H62F12O3. The molecule has 0 aromatic carbocycles. The topological polar surface area (TPSA) is 27.7 Å². The number of alkyl halides is 12. The maximum atomic E-state index is 15.3. The molecule has 0 aromatic heterocycles. The molecule has 59 heavy (non-hydrogen) atoms. The minimum Gasteiger partial charge on any atom is -0.369 e. The molecule has 0 saturated heterocycles. The van der Waals surface area contributed by atoms with Gasteiger partial charge in [-0.15, -0.1) is 13.2 Å². The average Bonchev–Trinajstić information content (AvgIpc) is 3.24. The lowest BCUT2D eigenvalue weighted by molar-refractivity contribution is -0.179. The molecule has 6 aliphatic rings. The molecule has 6 saturated carbocycles. The first-order valence-electron chi connectivity index (χ1n) is 21.9. The van der Waals surface area contributed by atoms with E-state index in [1.807, 2.05) is 0 Å². The molecule has 15 heteroatoms. The minimum atomic E-state index is -2.56. The Bertz CT molecular complexity index is 1290. The first-order chi connectivity index (χ1) is 28.0. The minimum absolute atomic E-state index is 0.0126. The summed E-state index contributed by atoms with van der Waals surface area (Å²) in [5.41, 5.74) is -0.402. The van der Waals surface area contributed by atoms with Gasteiger partial charge in [-0.2, -0.15) is 0 Å².